The first-order chi connectivity index (χ1) is 9.84. The Kier molecular flexibility index (Phi) is 4.79. The number of allylic oxidation sites excluding steroid dienone is 1. The third kappa shape index (κ3) is 3.89. The molecule has 3 nitrogen and oxygen atoms in total. The van der Waals surface area contributed by atoms with E-state index in [0.717, 1.165) is 18.5 Å². The highest BCUT2D eigenvalue weighted by Crippen LogP contribution is 2.37. The van der Waals surface area contributed by atoms with Gasteiger partial charge in [-0.2, -0.15) is 0 Å². The molecule has 0 unspecified atom stereocenters. The molecule has 0 spiro atoms. The van der Waals surface area contributed by atoms with Gasteiger partial charge in [-0.15, -0.1) is 0 Å². The monoisotopic (exact) mass is 288 g/mol. The molecule has 2 rings (SSSR count). The summed E-state index contributed by atoms with van der Waals surface area (Å²) in [4.78, 5) is 0. The van der Waals surface area contributed by atoms with Crippen molar-refractivity contribution in [3.8, 4) is 5.75 Å². The minimum absolute atomic E-state index is 0.115. The molecule has 0 bridgehead atoms. The maximum Gasteiger partial charge on any atom is 0.458 e. The van der Waals surface area contributed by atoms with Gasteiger partial charge in [-0.1, -0.05) is 24.3 Å². The Morgan fingerprint density at radius 1 is 1.05 bits per heavy atom. The van der Waals surface area contributed by atoms with E-state index >= 15 is 0 Å². The van der Waals surface area contributed by atoms with E-state index in [1.165, 1.54) is 5.56 Å². The molecule has 1 saturated heterocycles. The van der Waals surface area contributed by atoms with Crippen molar-refractivity contribution in [2.45, 2.75) is 51.6 Å². The van der Waals surface area contributed by atoms with E-state index in [0.29, 0.717) is 0 Å². The lowest BCUT2D eigenvalue weighted by molar-refractivity contribution is 0.00578. The summed E-state index contributed by atoms with van der Waals surface area (Å²) >= 11 is 0. The predicted octanol–water partition coefficient (Wildman–Crippen LogP) is 4.19. The van der Waals surface area contributed by atoms with Crippen molar-refractivity contribution in [3.05, 3.63) is 35.9 Å². The molecule has 1 aliphatic rings. The summed E-state index contributed by atoms with van der Waals surface area (Å²) in [5.41, 5.74) is 0.694. The van der Waals surface area contributed by atoms with E-state index in [9.17, 15) is 0 Å². The fourth-order valence-corrected chi connectivity index (χ4v) is 2.25. The van der Waals surface area contributed by atoms with Gasteiger partial charge in [-0.3, -0.25) is 0 Å². The first-order valence-corrected chi connectivity index (χ1v) is 7.50. The van der Waals surface area contributed by atoms with Crippen LogP contribution < -0.4 is 4.74 Å². The summed E-state index contributed by atoms with van der Waals surface area (Å²) in [6.07, 6.45) is 6.08. The van der Waals surface area contributed by atoms with E-state index < -0.39 is 0 Å². The SMILES string of the molecule is COc1ccc(/C=C/CCB2OC(C)(C)C(C)(C)O2)cc1. The second-order valence-corrected chi connectivity index (χ2v) is 6.44. The molecule has 0 saturated carbocycles. The van der Waals surface area contributed by atoms with Gasteiger partial charge >= 0.3 is 7.12 Å². The first-order valence-electron chi connectivity index (χ1n) is 7.50. The average molecular weight is 288 g/mol. The molecule has 1 aromatic carbocycles. The molecule has 0 aliphatic carbocycles. The van der Waals surface area contributed by atoms with Gasteiger partial charge in [-0.25, -0.2) is 0 Å². The van der Waals surface area contributed by atoms with Crippen molar-refractivity contribution in [3.63, 3.8) is 0 Å². The Bertz CT molecular complexity index is 475. The van der Waals surface area contributed by atoms with Gasteiger partial charge in [0.1, 0.15) is 5.75 Å². The van der Waals surface area contributed by atoms with Gasteiger partial charge in [0.05, 0.1) is 18.3 Å². The van der Waals surface area contributed by atoms with Crippen LogP contribution in [0.3, 0.4) is 0 Å². The summed E-state index contributed by atoms with van der Waals surface area (Å²) in [5, 5.41) is 0. The molecular weight excluding hydrogens is 263 g/mol. The van der Waals surface area contributed by atoms with Crippen LogP contribution in [0.5, 0.6) is 5.75 Å². The molecule has 1 aliphatic heterocycles. The number of methoxy groups -OCH3 is 1. The number of rotatable bonds is 5. The average Bonchev–Trinajstić information content (AvgIpc) is 2.63. The zero-order valence-corrected chi connectivity index (χ0v) is 13.7. The molecule has 0 atom stereocenters. The predicted molar refractivity (Wildman–Crippen MR) is 87.5 cm³/mol. The third-order valence-electron chi connectivity index (χ3n) is 4.30. The molecule has 1 fully saturated rings. The standard InChI is InChI=1S/C17H25BO3/c1-16(2)17(3,4)21-18(20-16)13-7-6-8-14-9-11-15(19-5)12-10-14/h6,8-12H,7,13H2,1-5H3/b8-6+. The van der Waals surface area contributed by atoms with E-state index in [1.807, 2.05) is 24.3 Å². The van der Waals surface area contributed by atoms with Gasteiger partial charge in [-0.05, 0) is 58.1 Å². The zero-order chi connectivity index (χ0) is 15.5. The van der Waals surface area contributed by atoms with Crippen LogP contribution in [0.15, 0.2) is 30.3 Å². The van der Waals surface area contributed by atoms with Crippen molar-refractivity contribution in [1.82, 2.24) is 0 Å². The summed E-state index contributed by atoms with van der Waals surface area (Å²) in [7, 11) is 1.56. The van der Waals surface area contributed by atoms with E-state index in [2.05, 4.69) is 39.8 Å². The molecule has 114 valence electrons. The summed E-state index contributed by atoms with van der Waals surface area (Å²) in [5.74, 6) is 0.879. The van der Waals surface area contributed by atoms with Crippen LogP contribution in [-0.2, 0) is 9.31 Å². The molecule has 0 amide bonds. The number of benzene rings is 1. The summed E-state index contributed by atoms with van der Waals surface area (Å²) in [6.45, 7) is 8.33. The normalized spacial score (nSPS) is 20.1. The van der Waals surface area contributed by atoms with Gasteiger partial charge < -0.3 is 14.0 Å². The maximum absolute atomic E-state index is 5.97. The molecular formula is C17H25BO3. The Morgan fingerprint density at radius 2 is 1.62 bits per heavy atom. The van der Waals surface area contributed by atoms with Crippen LogP contribution in [0.4, 0.5) is 0 Å². The van der Waals surface area contributed by atoms with Crippen LogP contribution in [0.1, 0.15) is 39.7 Å². The lowest BCUT2D eigenvalue weighted by Gasteiger charge is -2.32. The Labute approximate surface area is 128 Å². The van der Waals surface area contributed by atoms with E-state index in [-0.39, 0.29) is 18.3 Å². The minimum atomic E-state index is -0.239. The second-order valence-electron chi connectivity index (χ2n) is 6.44. The molecule has 1 aromatic rings. The Hall–Kier alpha value is -1.26. The fraction of sp³-hybridized carbons (Fsp3) is 0.529. The number of hydrogen-bond acceptors (Lipinski definition) is 3. The molecule has 0 N–H and O–H groups in total. The number of hydrogen-bond donors (Lipinski definition) is 0. The van der Waals surface area contributed by atoms with Crippen molar-refractivity contribution < 1.29 is 14.0 Å². The van der Waals surface area contributed by atoms with Gasteiger partial charge in [0, 0.05) is 0 Å². The van der Waals surface area contributed by atoms with Crippen molar-refractivity contribution in [2.24, 2.45) is 0 Å². The van der Waals surface area contributed by atoms with Crippen LogP contribution in [0.25, 0.3) is 6.08 Å². The Morgan fingerprint density at radius 3 is 2.14 bits per heavy atom. The smallest absolute Gasteiger partial charge is 0.458 e. The maximum atomic E-state index is 5.97. The van der Waals surface area contributed by atoms with Crippen LogP contribution >= 0.6 is 0 Å². The van der Waals surface area contributed by atoms with Gasteiger partial charge in [0.2, 0.25) is 0 Å². The van der Waals surface area contributed by atoms with Crippen LogP contribution in [0.2, 0.25) is 6.32 Å². The lowest BCUT2D eigenvalue weighted by Crippen LogP contribution is -2.41. The largest absolute Gasteiger partial charge is 0.497 e. The van der Waals surface area contributed by atoms with Crippen LogP contribution in [0, 0.1) is 0 Å². The van der Waals surface area contributed by atoms with Gasteiger partial charge in [0.25, 0.3) is 0 Å². The summed E-state index contributed by atoms with van der Waals surface area (Å²) in [6, 6.07) is 8.02. The molecule has 1 heterocycles. The van der Waals surface area contributed by atoms with Crippen molar-refractivity contribution in [2.75, 3.05) is 7.11 Å². The summed E-state index contributed by atoms with van der Waals surface area (Å²) < 4.78 is 17.1. The zero-order valence-electron chi connectivity index (χ0n) is 13.7. The topological polar surface area (TPSA) is 27.7 Å². The Balaban J connectivity index is 1.81. The van der Waals surface area contributed by atoms with Crippen molar-refractivity contribution in [1.29, 1.82) is 0 Å². The highest BCUT2D eigenvalue weighted by molar-refractivity contribution is 6.45. The van der Waals surface area contributed by atoms with Crippen LogP contribution in [-0.4, -0.2) is 25.4 Å². The highest BCUT2D eigenvalue weighted by atomic mass is 16.7. The number of ether oxygens (including phenoxy) is 1. The van der Waals surface area contributed by atoms with E-state index in [4.69, 9.17) is 14.0 Å². The van der Waals surface area contributed by atoms with E-state index in [1.54, 1.807) is 7.11 Å². The van der Waals surface area contributed by atoms with Gasteiger partial charge in [0.15, 0.2) is 0 Å². The quantitative estimate of drug-likeness (QED) is 0.760. The lowest BCUT2D eigenvalue weighted by atomic mass is 9.83. The van der Waals surface area contributed by atoms with Crippen molar-refractivity contribution >= 4 is 13.2 Å². The molecule has 0 aromatic heterocycles. The molecule has 0 radical (unpaired) electrons. The highest BCUT2D eigenvalue weighted by Gasteiger charge is 2.50. The third-order valence-corrected chi connectivity index (χ3v) is 4.30. The first kappa shape index (κ1) is 16.1. The fourth-order valence-electron chi connectivity index (χ4n) is 2.25. The second kappa shape index (κ2) is 6.24. The molecule has 21 heavy (non-hydrogen) atoms. The molecule has 4 heteroatoms. The minimum Gasteiger partial charge on any atom is -0.497 e.